The van der Waals surface area contributed by atoms with E-state index in [4.69, 9.17) is 5.73 Å². The zero-order valence-electron chi connectivity index (χ0n) is 9.64. The quantitative estimate of drug-likeness (QED) is 0.700. The number of anilines is 1. The molecule has 3 aromatic rings. The van der Waals surface area contributed by atoms with Gasteiger partial charge in [-0.3, -0.25) is 0 Å². The molecule has 0 aliphatic rings. The SMILES string of the molecule is Nc1ncc(Br)c2ccc(-c3ccnc(F)c3)nc12. The van der Waals surface area contributed by atoms with Gasteiger partial charge in [-0.25, -0.2) is 15.0 Å². The highest BCUT2D eigenvalue weighted by molar-refractivity contribution is 9.10. The number of aromatic nitrogens is 3. The normalized spacial score (nSPS) is 10.8. The van der Waals surface area contributed by atoms with Crippen LogP contribution in [-0.2, 0) is 0 Å². The van der Waals surface area contributed by atoms with E-state index in [0.717, 1.165) is 9.86 Å². The Balaban J connectivity index is 2.25. The van der Waals surface area contributed by atoms with Crippen LogP contribution in [0.25, 0.3) is 22.2 Å². The summed E-state index contributed by atoms with van der Waals surface area (Å²) in [5.74, 6) is -0.200. The van der Waals surface area contributed by atoms with Crippen LogP contribution in [0.4, 0.5) is 10.2 Å². The molecule has 0 amide bonds. The summed E-state index contributed by atoms with van der Waals surface area (Å²) < 4.78 is 13.9. The van der Waals surface area contributed by atoms with Crippen molar-refractivity contribution in [1.82, 2.24) is 15.0 Å². The first kappa shape index (κ1) is 12.0. The Bertz CT molecular complexity index is 776. The van der Waals surface area contributed by atoms with E-state index in [1.807, 2.05) is 6.07 Å². The zero-order valence-corrected chi connectivity index (χ0v) is 11.2. The summed E-state index contributed by atoms with van der Waals surface area (Å²) in [6.07, 6.45) is 3.03. The Labute approximate surface area is 116 Å². The minimum Gasteiger partial charge on any atom is -0.382 e. The predicted octanol–water partition coefficient (Wildman–Crippen LogP) is 3.18. The average Bonchev–Trinajstić information content (AvgIpc) is 2.43. The Kier molecular flexibility index (Phi) is 2.87. The van der Waals surface area contributed by atoms with E-state index in [1.165, 1.54) is 12.3 Å². The third kappa shape index (κ3) is 2.15. The molecule has 3 rings (SSSR count). The van der Waals surface area contributed by atoms with Gasteiger partial charge in [-0.2, -0.15) is 4.39 Å². The molecule has 0 atom stereocenters. The van der Waals surface area contributed by atoms with Crippen molar-refractivity contribution in [3.05, 3.63) is 47.1 Å². The van der Waals surface area contributed by atoms with E-state index < -0.39 is 5.95 Å². The van der Waals surface area contributed by atoms with E-state index in [9.17, 15) is 4.39 Å². The van der Waals surface area contributed by atoms with E-state index in [1.54, 1.807) is 18.3 Å². The largest absolute Gasteiger partial charge is 0.382 e. The maximum absolute atomic E-state index is 13.1. The van der Waals surface area contributed by atoms with Crippen LogP contribution in [0.5, 0.6) is 0 Å². The van der Waals surface area contributed by atoms with Crippen molar-refractivity contribution in [3.8, 4) is 11.3 Å². The fraction of sp³-hybridized carbons (Fsp3) is 0. The van der Waals surface area contributed by atoms with Crippen molar-refractivity contribution in [2.24, 2.45) is 0 Å². The second-order valence-electron chi connectivity index (χ2n) is 3.95. The number of nitrogen functional groups attached to an aromatic ring is 1. The molecule has 0 spiro atoms. The number of hydrogen-bond donors (Lipinski definition) is 1. The fourth-order valence-corrected chi connectivity index (χ4v) is 2.25. The average molecular weight is 319 g/mol. The van der Waals surface area contributed by atoms with Gasteiger partial charge in [0.1, 0.15) is 11.3 Å². The first-order chi connectivity index (χ1) is 9.15. The molecule has 0 fully saturated rings. The molecule has 19 heavy (non-hydrogen) atoms. The van der Waals surface area contributed by atoms with Gasteiger partial charge in [-0.05, 0) is 34.1 Å². The molecule has 2 N–H and O–H groups in total. The van der Waals surface area contributed by atoms with E-state index >= 15 is 0 Å². The smallest absolute Gasteiger partial charge is 0.213 e. The van der Waals surface area contributed by atoms with Crippen molar-refractivity contribution in [2.45, 2.75) is 0 Å². The lowest BCUT2D eigenvalue weighted by molar-refractivity contribution is 0.584. The lowest BCUT2D eigenvalue weighted by Crippen LogP contribution is -1.95. The Morgan fingerprint density at radius 2 is 2.00 bits per heavy atom. The minimum atomic E-state index is -0.542. The Morgan fingerprint density at radius 1 is 1.16 bits per heavy atom. The van der Waals surface area contributed by atoms with Crippen LogP contribution in [0, 0.1) is 5.95 Å². The molecule has 0 aliphatic carbocycles. The Hall–Kier alpha value is -2.08. The number of rotatable bonds is 1. The highest BCUT2D eigenvalue weighted by Gasteiger charge is 2.08. The fourth-order valence-electron chi connectivity index (χ4n) is 1.83. The third-order valence-electron chi connectivity index (χ3n) is 2.73. The molecule has 4 nitrogen and oxygen atoms in total. The molecular formula is C13H8BrFN4. The number of halogens is 2. The highest BCUT2D eigenvalue weighted by atomic mass is 79.9. The molecule has 3 aromatic heterocycles. The maximum atomic E-state index is 13.1. The first-order valence-corrected chi connectivity index (χ1v) is 6.27. The zero-order chi connectivity index (χ0) is 13.4. The molecule has 0 saturated carbocycles. The van der Waals surface area contributed by atoms with Gasteiger partial charge in [0.2, 0.25) is 5.95 Å². The minimum absolute atomic E-state index is 0.342. The summed E-state index contributed by atoms with van der Waals surface area (Å²) in [6.45, 7) is 0. The summed E-state index contributed by atoms with van der Waals surface area (Å²) >= 11 is 3.40. The van der Waals surface area contributed by atoms with Gasteiger partial charge in [-0.1, -0.05) is 0 Å². The third-order valence-corrected chi connectivity index (χ3v) is 3.37. The maximum Gasteiger partial charge on any atom is 0.213 e. The lowest BCUT2D eigenvalue weighted by Gasteiger charge is -2.06. The second kappa shape index (κ2) is 4.55. The number of fused-ring (bicyclic) bond motifs is 1. The van der Waals surface area contributed by atoms with Gasteiger partial charge in [0.05, 0.1) is 5.69 Å². The standard InChI is InChI=1S/C13H8BrFN4/c14-9-6-18-13(16)12-8(9)1-2-10(19-12)7-3-4-17-11(15)5-7/h1-6H,(H2,16,18). The van der Waals surface area contributed by atoms with Crippen LogP contribution in [-0.4, -0.2) is 15.0 Å². The van der Waals surface area contributed by atoms with E-state index in [-0.39, 0.29) is 0 Å². The molecule has 0 radical (unpaired) electrons. The number of hydrogen-bond acceptors (Lipinski definition) is 4. The summed E-state index contributed by atoms with van der Waals surface area (Å²) in [6, 6.07) is 6.70. The van der Waals surface area contributed by atoms with Crippen LogP contribution in [0.15, 0.2) is 41.1 Å². The van der Waals surface area contributed by atoms with Gasteiger partial charge in [0, 0.05) is 33.9 Å². The van der Waals surface area contributed by atoms with Crippen molar-refractivity contribution in [1.29, 1.82) is 0 Å². The van der Waals surface area contributed by atoms with Crippen LogP contribution in [0.1, 0.15) is 0 Å². The van der Waals surface area contributed by atoms with Gasteiger partial charge in [0.15, 0.2) is 0 Å². The second-order valence-corrected chi connectivity index (χ2v) is 4.81. The summed E-state index contributed by atoms with van der Waals surface area (Å²) in [7, 11) is 0. The molecule has 3 heterocycles. The summed E-state index contributed by atoms with van der Waals surface area (Å²) in [4.78, 5) is 12.0. The molecule has 0 bridgehead atoms. The molecule has 0 aromatic carbocycles. The van der Waals surface area contributed by atoms with Crippen LogP contribution in [0.2, 0.25) is 0 Å². The van der Waals surface area contributed by atoms with Gasteiger partial charge >= 0.3 is 0 Å². The molecule has 0 unspecified atom stereocenters. The number of nitrogens with zero attached hydrogens (tertiary/aromatic N) is 3. The molecule has 6 heteroatoms. The predicted molar refractivity (Wildman–Crippen MR) is 74.8 cm³/mol. The highest BCUT2D eigenvalue weighted by Crippen LogP contribution is 2.28. The Morgan fingerprint density at radius 3 is 2.79 bits per heavy atom. The molecular weight excluding hydrogens is 311 g/mol. The molecule has 0 aliphatic heterocycles. The van der Waals surface area contributed by atoms with Crippen LogP contribution >= 0.6 is 15.9 Å². The molecule has 94 valence electrons. The van der Waals surface area contributed by atoms with Crippen molar-refractivity contribution in [2.75, 3.05) is 5.73 Å². The number of pyridine rings is 3. The summed E-state index contributed by atoms with van der Waals surface area (Å²) in [5, 5.41) is 0.866. The number of nitrogens with two attached hydrogens (primary N) is 1. The summed E-state index contributed by atoms with van der Waals surface area (Å²) in [5.41, 5.74) is 7.68. The van der Waals surface area contributed by atoms with E-state index in [2.05, 4.69) is 30.9 Å². The van der Waals surface area contributed by atoms with Crippen molar-refractivity contribution in [3.63, 3.8) is 0 Å². The van der Waals surface area contributed by atoms with Gasteiger partial charge < -0.3 is 5.73 Å². The lowest BCUT2D eigenvalue weighted by atomic mass is 10.1. The van der Waals surface area contributed by atoms with Crippen LogP contribution < -0.4 is 5.73 Å². The van der Waals surface area contributed by atoms with Crippen molar-refractivity contribution >= 4 is 32.7 Å². The van der Waals surface area contributed by atoms with E-state index in [0.29, 0.717) is 22.6 Å². The van der Waals surface area contributed by atoms with Gasteiger partial charge in [0.25, 0.3) is 0 Å². The monoisotopic (exact) mass is 318 g/mol. The molecule has 0 saturated heterocycles. The van der Waals surface area contributed by atoms with Crippen molar-refractivity contribution < 1.29 is 4.39 Å². The van der Waals surface area contributed by atoms with Gasteiger partial charge in [-0.15, -0.1) is 0 Å². The topological polar surface area (TPSA) is 64.7 Å². The first-order valence-electron chi connectivity index (χ1n) is 5.48. The van der Waals surface area contributed by atoms with Crippen LogP contribution in [0.3, 0.4) is 0 Å².